The summed E-state index contributed by atoms with van der Waals surface area (Å²) in [5, 5.41) is 28.8. The predicted molar refractivity (Wildman–Crippen MR) is 263 cm³/mol. The fraction of sp³-hybridized carbons (Fsp3) is 0.469. The third kappa shape index (κ3) is 18.0. The minimum Gasteiger partial charge on any atom is -0.494 e. The smallest absolute Gasteiger partial charge is 0.408 e. The molecular formula is C49H65N9O12S. The fourth-order valence-electron chi connectivity index (χ4n) is 7.55. The number of sulfonamides is 1. The molecule has 1 aromatic heterocycles. The van der Waals surface area contributed by atoms with E-state index in [4.69, 9.17) is 14.2 Å². The van der Waals surface area contributed by atoms with Gasteiger partial charge in [-0.2, -0.15) is 9.82 Å². The number of aliphatic imine (C=N–C) groups is 1. The third-order valence-electron chi connectivity index (χ3n) is 10.9. The SMILES string of the molecule is Cc1cc(OCCCC(=O)NCCNC(=O)C(CCC(=O)OC(C)(C)C)NC(=O)OCc2ccccc2)cc(C)c1S(=O)(=O)NC(CNC(=O)c1ccc2c(cnn2CCNC2=NCCCC2)c1)C(=O)O. The van der Waals surface area contributed by atoms with Crippen molar-refractivity contribution in [3.8, 4) is 5.75 Å². The largest absolute Gasteiger partial charge is 0.494 e. The summed E-state index contributed by atoms with van der Waals surface area (Å²) >= 11 is 0. The van der Waals surface area contributed by atoms with E-state index in [0.717, 1.165) is 42.7 Å². The number of amides is 4. The lowest BCUT2D eigenvalue weighted by molar-refractivity contribution is -0.155. The minimum absolute atomic E-state index is 0.0236. The molecule has 3 aromatic carbocycles. The first-order chi connectivity index (χ1) is 33.8. The fourth-order valence-corrected chi connectivity index (χ4v) is 9.19. The monoisotopic (exact) mass is 1000 g/mol. The van der Waals surface area contributed by atoms with E-state index in [-0.39, 0.29) is 79.5 Å². The maximum absolute atomic E-state index is 13.6. The molecule has 384 valence electrons. The lowest BCUT2D eigenvalue weighted by Gasteiger charge is -2.21. The van der Waals surface area contributed by atoms with Crippen LogP contribution in [0.3, 0.4) is 0 Å². The molecule has 0 radical (unpaired) electrons. The molecule has 22 heteroatoms. The highest BCUT2D eigenvalue weighted by molar-refractivity contribution is 7.89. The van der Waals surface area contributed by atoms with Crippen LogP contribution in [0.15, 0.2) is 76.7 Å². The summed E-state index contributed by atoms with van der Waals surface area (Å²) in [5.74, 6) is -2.21. The van der Waals surface area contributed by atoms with E-state index in [1.54, 1.807) is 69.4 Å². The average Bonchev–Trinajstić information content (AvgIpc) is 3.72. The lowest BCUT2D eigenvalue weighted by atomic mass is 10.1. The van der Waals surface area contributed by atoms with Gasteiger partial charge >= 0.3 is 18.0 Å². The summed E-state index contributed by atoms with van der Waals surface area (Å²) in [5.41, 5.74) is 1.63. The lowest BCUT2D eigenvalue weighted by Crippen LogP contribution is -2.48. The Hall–Kier alpha value is -7.07. The standard InChI is InChI=1S/C49H65N9O12S/c1-32-26-37(68-25-11-15-42(59)52-21-22-53-46(62)38(17-19-43(60)70-49(3,4)5)56-48(65)69-31-34-12-7-6-8-13-34)27-33(2)44(32)71(66,67)57-39(47(63)64)30-54-45(61)35-16-18-40-36(28-35)29-55-58(40)24-23-51-41-14-9-10-20-50-41/h6-8,12-13,16,18,26-29,38-39,57H,9-11,14-15,17,19-25,30-31H2,1-5H3,(H,50,51)(H,52,59)(H,53,62)(H,54,61)(H,56,65)(H,63,64). The van der Waals surface area contributed by atoms with Gasteiger partial charge in [0.25, 0.3) is 5.91 Å². The molecule has 0 bridgehead atoms. The molecule has 4 aromatic rings. The van der Waals surface area contributed by atoms with Crippen molar-refractivity contribution in [2.24, 2.45) is 4.99 Å². The number of hydrogen-bond acceptors (Lipinski definition) is 14. The van der Waals surface area contributed by atoms with E-state index >= 15 is 0 Å². The number of nitrogens with zero attached hydrogens (tertiary/aromatic N) is 3. The van der Waals surface area contributed by atoms with Crippen molar-refractivity contribution in [3.63, 3.8) is 0 Å². The number of esters is 1. The van der Waals surface area contributed by atoms with Gasteiger partial charge < -0.3 is 45.9 Å². The van der Waals surface area contributed by atoms with Crippen LogP contribution in [0.4, 0.5) is 4.79 Å². The van der Waals surface area contributed by atoms with Crippen LogP contribution in [0, 0.1) is 13.8 Å². The van der Waals surface area contributed by atoms with Crippen LogP contribution in [0.2, 0.25) is 0 Å². The van der Waals surface area contributed by atoms with Gasteiger partial charge in [-0.15, -0.1) is 0 Å². The molecule has 2 atom stereocenters. The molecular weight excluding hydrogens is 939 g/mol. The molecule has 0 aliphatic carbocycles. The molecule has 4 amide bonds. The van der Waals surface area contributed by atoms with Gasteiger partial charge in [0.1, 0.15) is 30.0 Å². The molecule has 0 saturated heterocycles. The highest BCUT2D eigenvalue weighted by Gasteiger charge is 2.29. The number of carboxylic acids is 1. The van der Waals surface area contributed by atoms with Crippen molar-refractivity contribution in [1.82, 2.24) is 41.1 Å². The van der Waals surface area contributed by atoms with Crippen LogP contribution in [0.25, 0.3) is 10.9 Å². The number of aliphatic carboxylic acids is 1. The minimum atomic E-state index is -4.41. The molecule has 1 aliphatic heterocycles. The second-order valence-electron chi connectivity index (χ2n) is 17.9. The van der Waals surface area contributed by atoms with Gasteiger partial charge in [0.15, 0.2) is 0 Å². The third-order valence-corrected chi connectivity index (χ3v) is 12.7. The zero-order chi connectivity index (χ0) is 51.6. The second kappa shape index (κ2) is 26.2. The number of carbonyl (C=O) groups is 6. The first kappa shape index (κ1) is 54.9. The summed E-state index contributed by atoms with van der Waals surface area (Å²) in [6.45, 7) is 9.91. The van der Waals surface area contributed by atoms with Crippen LogP contribution >= 0.6 is 0 Å². The van der Waals surface area contributed by atoms with Crippen LogP contribution in [0.1, 0.15) is 92.8 Å². The Morgan fingerprint density at radius 3 is 2.30 bits per heavy atom. The van der Waals surface area contributed by atoms with Crippen molar-refractivity contribution in [2.75, 3.05) is 39.3 Å². The van der Waals surface area contributed by atoms with Crippen LogP contribution < -0.4 is 36.0 Å². The van der Waals surface area contributed by atoms with Gasteiger partial charge in [0, 0.05) is 62.9 Å². The molecule has 1 aliphatic rings. The average molecular weight is 1000 g/mol. The van der Waals surface area contributed by atoms with Crippen LogP contribution in [-0.4, -0.2) is 122 Å². The van der Waals surface area contributed by atoms with E-state index < -0.39 is 64.1 Å². The number of hydrogen-bond donors (Lipinski definition) is 7. The zero-order valence-corrected chi connectivity index (χ0v) is 41.6. The normalized spacial score (nSPS) is 13.5. The Morgan fingerprint density at radius 1 is 0.873 bits per heavy atom. The Bertz CT molecular complexity index is 2630. The van der Waals surface area contributed by atoms with E-state index in [9.17, 15) is 42.3 Å². The van der Waals surface area contributed by atoms with Gasteiger partial charge in [0.2, 0.25) is 21.8 Å². The van der Waals surface area contributed by atoms with Gasteiger partial charge in [-0.1, -0.05) is 30.3 Å². The van der Waals surface area contributed by atoms with E-state index in [1.807, 2.05) is 10.7 Å². The predicted octanol–water partition coefficient (Wildman–Crippen LogP) is 3.79. The number of ether oxygens (including phenoxy) is 3. The molecule has 0 spiro atoms. The Labute approximate surface area is 413 Å². The summed E-state index contributed by atoms with van der Waals surface area (Å²) in [6, 6.07) is 14.1. The summed E-state index contributed by atoms with van der Waals surface area (Å²) in [7, 11) is -4.41. The molecule has 0 saturated carbocycles. The first-order valence-corrected chi connectivity index (χ1v) is 25.0. The number of alkyl carbamates (subject to hydrolysis) is 1. The first-order valence-electron chi connectivity index (χ1n) is 23.5. The maximum atomic E-state index is 13.6. The maximum Gasteiger partial charge on any atom is 0.408 e. The molecule has 71 heavy (non-hydrogen) atoms. The van der Waals surface area contributed by atoms with Gasteiger partial charge in [-0.3, -0.25) is 33.6 Å². The summed E-state index contributed by atoms with van der Waals surface area (Å²) < 4.78 is 47.6. The highest BCUT2D eigenvalue weighted by atomic mass is 32.2. The number of aromatic nitrogens is 2. The number of fused-ring (bicyclic) bond motifs is 1. The Kier molecular flexibility index (Phi) is 20.3. The topological polar surface area (TPSA) is 287 Å². The second-order valence-corrected chi connectivity index (χ2v) is 19.6. The van der Waals surface area contributed by atoms with E-state index in [2.05, 4.69) is 41.4 Å². The number of carboxylic acid groups (broad SMARTS) is 1. The zero-order valence-electron chi connectivity index (χ0n) is 40.8. The molecule has 5 rings (SSSR count). The quantitative estimate of drug-likeness (QED) is 0.0368. The van der Waals surface area contributed by atoms with Crippen molar-refractivity contribution >= 4 is 62.5 Å². The summed E-state index contributed by atoms with van der Waals surface area (Å²) in [6.07, 6.45) is 4.08. The van der Waals surface area contributed by atoms with Crippen molar-refractivity contribution < 1.29 is 56.5 Å². The van der Waals surface area contributed by atoms with Crippen molar-refractivity contribution in [1.29, 1.82) is 0 Å². The number of rotatable bonds is 25. The van der Waals surface area contributed by atoms with Gasteiger partial charge in [-0.25, -0.2) is 13.2 Å². The number of benzene rings is 3. The number of amidine groups is 1. The molecule has 2 unspecified atom stereocenters. The molecule has 7 N–H and O–H groups in total. The Morgan fingerprint density at radius 2 is 1.61 bits per heavy atom. The molecule has 21 nitrogen and oxygen atoms in total. The molecule has 2 heterocycles. The van der Waals surface area contributed by atoms with E-state index in [1.165, 1.54) is 26.0 Å². The van der Waals surface area contributed by atoms with Gasteiger partial charge in [-0.05, 0) is 107 Å². The van der Waals surface area contributed by atoms with Crippen molar-refractivity contribution in [2.45, 2.75) is 115 Å². The summed E-state index contributed by atoms with van der Waals surface area (Å²) in [4.78, 5) is 80.3. The van der Waals surface area contributed by atoms with Gasteiger partial charge in [0.05, 0.1) is 35.6 Å². The molecule has 0 fully saturated rings. The number of carbonyl (C=O) groups excluding carboxylic acids is 5. The number of aryl methyl sites for hydroxylation is 2. The number of nitrogens with one attached hydrogen (secondary N) is 6. The van der Waals surface area contributed by atoms with Crippen LogP contribution in [-0.2, 0) is 51.8 Å². The van der Waals surface area contributed by atoms with Crippen LogP contribution in [0.5, 0.6) is 5.75 Å². The highest BCUT2D eigenvalue weighted by Crippen LogP contribution is 2.26. The Balaban J connectivity index is 1.04. The van der Waals surface area contributed by atoms with E-state index in [0.29, 0.717) is 24.2 Å². The van der Waals surface area contributed by atoms with Crippen molar-refractivity contribution in [3.05, 3.63) is 89.1 Å².